The fourth-order valence-corrected chi connectivity index (χ4v) is 3.74. The maximum absolute atomic E-state index is 12.8. The van der Waals surface area contributed by atoms with Crippen LogP contribution in [-0.2, 0) is 10.0 Å². The summed E-state index contributed by atoms with van der Waals surface area (Å²) in [5, 5.41) is 2.86. The van der Waals surface area contributed by atoms with Gasteiger partial charge in [0.05, 0.1) is 40.3 Å². The molecule has 0 bridgehead atoms. The number of amides is 1. The lowest BCUT2D eigenvalue weighted by Gasteiger charge is -2.14. The van der Waals surface area contributed by atoms with Crippen LogP contribution in [0.5, 0.6) is 5.75 Å². The number of nitrogens with zero attached hydrogens (tertiary/aromatic N) is 2. The van der Waals surface area contributed by atoms with Gasteiger partial charge in [-0.3, -0.25) is 14.5 Å². The van der Waals surface area contributed by atoms with E-state index in [9.17, 15) is 13.2 Å². The molecule has 3 rings (SSSR count). The minimum atomic E-state index is -3.96. The maximum Gasteiger partial charge on any atom is 0.275 e. The van der Waals surface area contributed by atoms with E-state index in [4.69, 9.17) is 16.3 Å². The molecule has 2 N–H and O–H groups in total. The number of carbonyl (C=O) groups is 1. The lowest BCUT2D eigenvalue weighted by molar-refractivity contribution is 0.102. The highest BCUT2D eigenvalue weighted by molar-refractivity contribution is 7.92. The lowest BCUT2D eigenvalue weighted by atomic mass is 10.2. The Kier molecular flexibility index (Phi) is 6.00. The van der Waals surface area contributed by atoms with Gasteiger partial charge in [0.25, 0.3) is 15.9 Å². The Hall–Kier alpha value is -3.17. The van der Waals surface area contributed by atoms with Gasteiger partial charge in [-0.05, 0) is 37.3 Å². The summed E-state index contributed by atoms with van der Waals surface area (Å²) in [6, 6.07) is 10.6. The third-order valence-corrected chi connectivity index (χ3v) is 5.55. The van der Waals surface area contributed by atoms with Gasteiger partial charge in [0, 0.05) is 6.20 Å². The first-order chi connectivity index (χ1) is 13.8. The smallest absolute Gasteiger partial charge is 0.275 e. The predicted molar refractivity (Wildman–Crippen MR) is 110 cm³/mol. The number of aromatic nitrogens is 2. The van der Waals surface area contributed by atoms with E-state index in [1.54, 1.807) is 31.2 Å². The number of rotatable bonds is 6. The van der Waals surface area contributed by atoms with Gasteiger partial charge in [-0.2, -0.15) is 0 Å². The van der Waals surface area contributed by atoms with Crippen molar-refractivity contribution in [1.29, 1.82) is 0 Å². The summed E-state index contributed by atoms with van der Waals surface area (Å²) in [5.74, 6) is -0.264. The molecule has 1 heterocycles. The molecule has 0 spiro atoms. The minimum absolute atomic E-state index is 0.0801. The van der Waals surface area contributed by atoms with Crippen molar-refractivity contribution < 1.29 is 17.9 Å². The van der Waals surface area contributed by atoms with Crippen molar-refractivity contribution in [2.24, 2.45) is 0 Å². The molecular weight excluding hydrogens is 416 g/mol. The molecular formula is C19H17ClN4O4S. The number of anilines is 2. The number of halogens is 1. The third-order valence-electron chi connectivity index (χ3n) is 3.86. The van der Waals surface area contributed by atoms with E-state index in [1.165, 1.54) is 37.7 Å². The molecule has 3 aromatic rings. The average Bonchev–Trinajstić information content (AvgIpc) is 2.70. The Labute approximate surface area is 173 Å². The zero-order valence-electron chi connectivity index (χ0n) is 15.5. The van der Waals surface area contributed by atoms with Gasteiger partial charge in [-0.1, -0.05) is 23.7 Å². The summed E-state index contributed by atoms with van der Waals surface area (Å²) in [6.07, 6.45) is 2.79. The Morgan fingerprint density at radius 2 is 1.83 bits per heavy atom. The second-order valence-electron chi connectivity index (χ2n) is 5.94. The lowest BCUT2D eigenvalue weighted by Crippen LogP contribution is -2.17. The molecule has 0 aliphatic rings. The number of hydrogen-bond acceptors (Lipinski definition) is 6. The van der Waals surface area contributed by atoms with E-state index in [2.05, 4.69) is 20.0 Å². The molecule has 0 saturated carbocycles. The van der Waals surface area contributed by atoms with Crippen LogP contribution in [0.1, 0.15) is 16.2 Å². The summed E-state index contributed by atoms with van der Waals surface area (Å²) in [6.45, 7) is 1.75. The number of aryl methyl sites for hydroxylation is 1. The van der Waals surface area contributed by atoms with Gasteiger partial charge in [-0.25, -0.2) is 13.4 Å². The zero-order valence-corrected chi connectivity index (χ0v) is 17.1. The largest absolute Gasteiger partial charge is 0.495 e. The predicted octanol–water partition coefficient (Wildman–Crippen LogP) is 3.50. The van der Waals surface area contributed by atoms with Gasteiger partial charge in [-0.15, -0.1) is 0 Å². The van der Waals surface area contributed by atoms with Gasteiger partial charge in [0.2, 0.25) is 0 Å². The van der Waals surface area contributed by atoms with Crippen LogP contribution in [-0.4, -0.2) is 31.4 Å². The summed E-state index contributed by atoms with van der Waals surface area (Å²) < 4.78 is 33.1. The number of para-hydroxylation sites is 1. The minimum Gasteiger partial charge on any atom is -0.495 e. The van der Waals surface area contributed by atoms with Crippen LogP contribution in [0.3, 0.4) is 0 Å². The van der Waals surface area contributed by atoms with Crippen LogP contribution in [0.4, 0.5) is 11.4 Å². The summed E-state index contributed by atoms with van der Waals surface area (Å²) in [7, 11) is -2.55. The second-order valence-corrected chi connectivity index (χ2v) is 8.03. The van der Waals surface area contributed by atoms with Crippen LogP contribution < -0.4 is 14.8 Å². The van der Waals surface area contributed by atoms with Crippen molar-refractivity contribution in [3.05, 3.63) is 71.3 Å². The number of nitrogens with one attached hydrogen (secondary N) is 2. The molecule has 0 atom stereocenters. The standard InChI is InChI=1S/C19H17ClN4O4S/c1-12-10-22-17(11-21-12)19(25)23-16-9-13(7-8-18(16)28-2)29(26,27)24-15-6-4-3-5-14(15)20/h3-11,24H,1-2H3,(H,23,25). The topological polar surface area (TPSA) is 110 Å². The number of ether oxygens (including phenoxy) is 1. The number of benzene rings is 2. The molecule has 0 radical (unpaired) electrons. The molecule has 0 fully saturated rings. The first kappa shape index (κ1) is 20.6. The molecule has 0 aliphatic carbocycles. The summed E-state index contributed by atoms with van der Waals surface area (Å²) >= 11 is 6.03. The van der Waals surface area contributed by atoms with E-state index in [1.807, 2.05) is 0 Å². The van der Waals surface area contributed by atoms with Gasteiger partial charge < -0.3 is 10.1 Å². The normalized spacial score (nSPS) is 11.0. The number of hydrogen-bond donors (Lipinski definition) is 2. The molecule has 8 nitrogen and oxygen atoms in total. The quantitative estimate of drug-likeness (QED) is 0.616. The third kappa shape index (κ3) is 4.82. The average molecular weight is 433 g/mol. The first-order valence-electron chi connectivity index (χ1n) is 8.35. The fourth-order valence-electron chi connectivity index (χ4n) is 2.40. The number of carbonyl (C=O) groups excluding carboxylic acids is 1. The van der Waals surface area contributed by atoms with Gasteiger partial charge >= 0.3 is 0 Å². The monoisotopic (exact) mass is 432 g/mol. The molecule has 0 saturated heterocycles. The molecule has 0 unspecified atom stereocenters. The van der Waals surface area contributed by atoms with Crippen molar-refractivity contribution in [1.82, 2.24) is 9.97 Å². The Balaban J connectivity index is 1.91. The Bertz CT molecular complexity index is 1150. The van der Waals surface area contributed by atoms with Gasteiger partial charge in [0.15, 0.2) is 0 Å². The van der Waals surface area contributed by atoms with Gasteiger partial charge in [0.1, 0.15) is 11.4 Å². The van der Waals surface area contributed by atoms with Crippen LogP contribution in [0.2, 0.25) is 5.02 Å². The Morgan fingerprint density at radius 1 is 1.07 bits per heavy atom. The van der Waals surface area contributed by atoms with Crippen LogP contribution in [0.25, 0.3) is 0 Å². The highest BCUT2D eigenvalue weighted by atomic mass is 35.5. The highest BCUT2D eigenvalue weighted by Gasteiger charge is 2.19. The first-order valence-corrected chi connectivity index (χ1v) is 10.2. The van der Waals surface area contributed by atoms with E-state index in [0.29, 0.717) is 5.69 Å². The van der Waals surface area contributed by atoms with Crippen LogP contribution >= 0.6 is 11.6 Å². The Morgan fingerprint density at radius 3 is 2.48 bits per heavy atom. The van der Waals surface area contributed by atoms with E-state index in [0.717, 1.165) is 0 Å². The van der Waals surface area contributed by atoms with Crippen LogP contribution in [0.15, 0.2) is 59.8 Å². The highest BCUT2D eigenvalue weighted by Crippen LogP contribution is 2.30. The molecule has 1 aromatic heterocycles. The molecule has 2 aromatic carbocycles. The zero-order chi connectivity index (χ0) is 21.0. The maximum atomic E-state index is 12.8. The molecule has 29 heavy (non-hydrogen) atoms. The van der Waals surface area contributed by atoms with E-state index in [-0.39, 0.29) is 32.7 Å². The number of sulfonamides is 1. The van der Waals surface area contributed by atoms with E-state index < -0.39 is 15.9 Å². The van der Waals surface area contributed by atoms with Crippen molar-refractivity contribution in [2.45, 2.75) is 11.8 Å². The van der Waals surface area contributed by atoms with Crippen LogP contribution in [0, 0.1) is 6.92 Å². The summed E-state index contributed by atoms with van der Waals surface area (Å²) in [5.41, 5.74) is 1.16. The molecule has 1 amide bonds. The SMILES string of the molecule is COc1ccc(S(=O)(=O)Nc2ccccc2Cl)cc1NC(=O)c1cnc(C)cn1. The van der Waals surface area contributed by atoms with Crippen molar-refractivity contribution in [3.8, 4) is 5.75 Å². The molecule has 0 aliphatic heterocycles. The van der Waals surface area contributed by atoms with Crippen molar-refractivity contribution in [3.63, 3.8) is 0 Å². The molecule has 150 valence electrons. The summed E-state index contributed by atoms with van der Waals surface area (Å²) in [4.78, 5) is 20.4. The van der Waals surface area contributed by atoms with E-state index >= 15 is 0 Å². The second kappa shape index (κ2) is 8.46. The fraction of sp³-hybridized carbons (Fsp3) is 0.105. The number of methoxy groups -OCH3 is 1. The van der Waals surface area contributed by atoms with Crippen molar-refractivity contribution >= 4 is 38.9 Å². The van der Waals surface area contributed by atoms with Crippen molar-refractivity contribution in [2.75, 3.05) is 17.1 Å². The molecule has 10 heteroatoms.